The third kappa shape index (κ3) is 3.83. The normalized spacial score (nSPS) is 18.9. The van der Waals surface area contributed by atoms with Gasteiger partial charge in [-0.25, -0.2) is 0 Å². The first kappa shape index (κ1) is 11.5. The van der Waals surface area contributed by atoms with Crippen molar-refractivity contribution in [2.75, 3.05) is 6.61 Å². The van der Waals surface area contributed by atoms with E-state index < -0.39 is 0 Å². The van der Waals surface area contributed by atoms with E-state index in [-0.39, 0.29) is 5.76 Å². The maximum atomic E-state index is 9.31. The van der Waals surface area contributed by atoms with E-state index in [2.05, 4.69) is 12.2 Å². The molecule has 0 saturated carbocycles. The molecular weight excluding hydrogens is 212 g/mol. The van der Waals surface area contributed by atoms with E-state index in [1.807, 2.05) is 30.4 Å². The van der Waals surface area contributed by atoms with Crippen LogP contribution in [0.4, 0.5) is 0 Å². The van der Waals surface area contributed by atoms with Crippen LogP contribution in [0.1, 0.15) is 12.8 Å². The fourth-order valence-corrected chi connectivity index (χ4v) is 1.62. The van der Waals surface area contributed by atoms with Crippen molar-refractivity contribution < 1.29 is 9.84 Å². The molecule has 0 radical (unpaired) electrons. The molecule has 0 heterocycles. The van der Waals surface area contributed by atoms with E-state index in [9.17, 15) is 5.11 Å². The highest BCUT2D eigenvalue weighted by atomic mass is 16.5. The van der Waals surface area contributed by atoms with Gasteiger partial charge in [0, 0.05) is 6.42 Å². The topological polar surface area (TPSA) is 29.5 Å². The number of aliphatic hydroxyl groups excluding tert-OH is 1. The predicted molar refractivity (Wildman–Crippen MR) is 69.5 cm³/mol. The van der Waals surface area contributed by atoms with Crippen LogP contribution in [-0.2, 0) is 4.74 Å². The fourth-order valence-electron chi connectivity index (χ4n) is 1.62. The zero-order chi connectivity index (χ0) is 11.9. The van der Waals surface area contributed by atoms with Gasteiger partial charge in [-0.2, -0.15) is 0 Å². The Labute approximate surface area is 102 Å². The van der Waals surface area contributed by atoms with Crippen molar-refractivity contribution in [3.05, 3.63) is 71.8 Å². The van der Waals surface area contributed by atoms with Crippen LogP contribution >= 0.6 is 0 Å². The molecule has 0 atom stereocenters. The van der Waals surface area contributed by atoms with Crippen LogP contribution in [0, 0.1) is 0 Å². The van der Waals surface area contributed by atoms with Crippen LogP contribution in [0.3, 0.4) is 0 Å². The summed E-state index contributed by atoms with van der Waals surface area (Å²) in [4.78, 5) is 0. The quantitative estimate of drug-likeness (QED) is 0.797. The van der Waals surface area contributed by atoms with Gasteiger partial charge in [-0.15, -0.1) is 0 Å². The molecule has 0 spiro atoms. The van der Waals surface area contributed by atoms with E-state index in [1.165, 1.54) is 5.57 Å². The second-order valence-corrected chi connectivity index (χ2v) is 3.96. The van der Waals surface area contributed by atoms with Crippen molar-refractivity contribution in [2.45, 2.75) is 12.8 Å². The lowest BCUT2D eigenvalue weighted by Gasteiger charge is -2.09. The minimum atomic E-state index is 0.267. The Morgan fingerprint density at radius 3 is 2.88 bits per heavy atom. The highest BCUT2D eigenvalue weighted by Crippen LogP contribution is 2.14. The third-order valence-corrected chi connectivity index (χ3v) is 2.56. The van der Waals surface area contributed by atoms with Gasteiger partial charge >= 0.3 is 0 Å². The Hall–Kier alpha value is -1.96. The van der Waals surface area contributed by atoms with E-state index in [0.29, 0.717) is 6.61 Å². The molecule has 0 saturated heterocycles. The van der Waals surface area contributed by atoms with Gasteiger partial charge in [-0.1, -0.05) is 36.5 Å². The number of ether oxygens (including phenoxy) is 1. The molecule has 2 rings (SSSR count). The number of aliphatic hydroxyl groups is 1. The first-order chi connectivity index (χ1) is 8.34. The molecule has 0 amide bonds. The van der Waals surface area contributed by atoms with Gasteiger partial charge in [0.1, 0.15) is 18.1 Å². The molecule has 0 bridgehead atoms. The van der Waals surface area contributed by atoms with Gasteiger partial charge in [-0.3, -0.25) is 0 Å². The molecule has 0 fully saturated rings. The van der Waals surface area contributed by atoms with Crippen LogP contribution in [0.25, 0.3) is 0 Å². The fraction of sp³-hybridized carbons (Fsp3) is 0.200. The zero-order valence-corrected chi connectivity index (χ0v) is 9.67. The Morgan fingerprint density at radius 1 is 1.00 bits per heavy atom. The molecule has 0 aromatic carbocycles. The second kappa shape index (κ2) is 5.94. The maximum Gasteiger partial charge on any atom is 0.115 e. The highest BCUT2D eigenvalue weighted by Gasteiger charge is 2.02. The minimum absolute atomic E-state index is 0.267. The maximum absolute atomic E-state index is 9.31. The van der Waals surface area contributed by atoms with E-state index in [0.717, 1.165) is 18.6 Å². The smallest absolute Gasteiger partial charge is 0.115 e. The van der Waals surface area contributed by atoms with Gasteiger partial charge in [0.2, 0.25) is 0 Å². The zero-order valence-electron chi connectivity index (χ0n) is 9.67. The summed E-state index contributed by atoms with van der Waals surface area (Å²) in [5, 5.41) is 9.31. The van der Waals surface area contributed by atoms with E-state index >= 15 is 0 Å². The lowest BCUT2D eigenvalue weighted by atomic mass is 10.2. The van der Waals surface area contributed by atoms with Crippen molar-refractivity contribution >= 4 is 0 Å². The van der Waals surface area contributed by atoms with Crippen molar-refractivity contribution in [3.63, 3.8) is 0 Å². The van der Waals surface area contributed by atoms with Crippen LogP contribution < -0.4 is 0 Å². The number of hydrogen-bond donors (Lipinski definition) is 1. The van der Waals surface area contributed by atoms with E-state index in [1.54, 1.807) is 12.2 Å². The summed E-state index contributed by atoms with van der Waals surface area (Å²) in [7, 11) is 0. The van der Waals surface area contributed by atoms with Crippen molar-refractivity contribution in [1.82, 2.24) is 0 Å². The molecule has 2 aliphatic carbocycles. The lowest BCUT2D eigenvalue weighted by Crippen LogP contribution is -1.97. The van der Waals surface area contributed by atoms with Crippen LogP contribution in [-0.4, -0.2) is 11.7 Å². The number of allylic oxidation sites excluding steroid dienone is 9. The summed E-state index contributed by atoms with van der Waals surface area (Å²) < 4.78 is 5.72. The molecule has 17 heavy (non-hydrogen) atoms. The van der Waals surface area contributed by atoms with Gasteiger partial charge in [0.05, 0.1) is 0 Å². The Morgan fingerprint density at radius 2 is 1.94 bits per heavy atom. The second-order valence-electron chi connectivity index (χ2n) is 3.96. The Balaban J connectivity index is 1.90. The molecule has 2 aliphatic rings. The van der Waals surface area contributed by atoms with Crippen LogP contribution in [0.2, 0.25) is 0 Å². The number of rotatable bonds is 3. The van der Waals surface area contributed by atoms with Crippen LogP contribution in [0.15, 0.2) is 71.8 Å². The molecule has 88 valence electrons. The summed E-state index contributed by atoms with van der Waals surface area (Å²) >= 11 is 0. The molecule has 0 aliphatic heterocycles. The molecule has 2 nitrogen and oxygen atoms in total. The SMILES string of the molecule is OC1=CC=C(OCC2=CC=CC=CC2)CC=C1. The highest BCUT2D eigenvalue weighted by molar-refractivity contribution is 5.26. The molecule has 2 heteroatoms. The monoisotopic (exact) mass is 228 g/mol. The largest absolute Gasteiger partial charge is 0.508 e. The minimum Gasteiger partial charge on any atom is -0.508 e. The van der Waals surface area contributed by atoms with Gasteiger partial charge in [0.25, 0.3) is 0 Å². The Bertz CT molecular complexity index is 446. The standard InChI is InChI=1S/C15H16O2/c16-14-8-5-9-15(11-10-14)17-12-13-6-3-1-2-4-7-13/h1-6,8,10-11,16H,7,9,12H2. The number of hydrogen-bond acceptors (Lipinski definition) is 2. The predicted octanol–water partition coefficient (Wildman–Crippen LogP) is 3.73. The molecular formula is C15H16O2. The van der Waals surface area contributed by atoms with Gasteiger partial charge in [-0.05, 0) is 30.2 Å². The van der Waals surface area contributed by atoms with Crippen LogP contribution in [0.5, 0.6) is 0 Å². The molecule has 0 unspecified atom stereocenters. The van der Waals surface area contributed by atoms with Crippen molar-refractivity contribution in [1.29, 1.82) is 0 Å². The lowest BCUT2D eigenvalue weighted by molar-refractivity contribution is 0.233. The van der Waals surface area contributed by atoms with E-state index in [4.69, 9.17) is 4.74 Å². The van der Waals surface area contributed by atoms with Gasteiger partial charge < -0.3 is 9.84 Å². The first-order valence-corrected chi connectivity index (χ1v) is 5.75. The summed E-state index contributed by atoms with van der Waals surface area (Å²) in [5.41, 5.74) is 1.25. The molecule has 0 aromatic heterocycles. The Kier molecular flexibility index (Phi) is 4.03. The molecule has 0 aromatic rings. The summed E-state index contributed by atoms with van der Waals surface area (Å²) in [6.07, 6.45) is 19.0. The van der Waals surface area contributed by atoms with Gasteiger partial charge in [0.15, 0.2) is 0 Å². The van der Waals surface area contributed by atoms with Crippen molar-refractivity contribution in [3.8, 4) is 0 Å². The summed E-state index contributed by atoms with van der Waals surface area (Å²) in [6, 6.07) is 0. The first-order valence-electron chi connectivity index (χ1n) is 5.75. The summed E-state index contributed by atoms with van der Waals surface area (Å²) in [6.45, 7) is 0.600. The average molecular weight is 228 g/mol. The average Bonchev–Trinajstić information content (AvgIpc) is 2.69. The summed E-state index contributed by atoms with van der Waals surface area (Å²) in [5.74, 6) is 1.14. The third-order valence-electron chi connectivity index (χ3n) is 2.56. The van der Waals surface area contributed by atoms with Crippen molar-refractivity contribution in [2.24, 2.45) is 0 Å². The molecule has 1 N–H and O–H groups in total.